The van der Waals surface area contributed by atoms with E-state index in [4.69, 9.17) is 23.2 Å². The molecule has 4 heteroatoms. The molecule has 2 aromatic rings. The molecular weight excluding hydrogens is 297 g/mol. The van der Waals surface area contributed by atoms with Gasteiger partial charge < -0.3 is 0 Å². The molecule has 0 saturated heterocycles. The number of nitrogens with zero attached hydrogens (tertiary/aromatic N) is 1. The maximum absolute atomic E-state index is 6.24. The van der Waals surface area contributed by atoms with E-state index < -0.39 is 0 Å². The molecule has 0 radical (unpaired) electrons. The molecule has 0 amide bonds. The quantitative estimate of drug-likeness (QED) is 0.698. The molecule has 2 rings (SSSR count). The Bertz CT molecular complexity index is 506. The fraction of sp³-hybridized carbons (Fsp3) is 0.400. The lowest BCUT2D eigenvalue weighted by atomic mass is 9.80. The van der Waals surface area contributed by atoms with Gasteiger partial charge in [-0.2, -0.15) is 0 Å². The summed E-state index contributed by atoms with van der Waals surface area (Å²) in [6.45, 7) is 2.05. The van der Waals surface area contributed by atoms with Gasteiger partial charge in [-0.25, -0.2) is 4.98 Å². The zero-order valence-corrected chi connectivity index (χ0v) is 13.2. The summed E-state index contributed by atoms with van der Waals surface area (Å²) in [6.07, 6.45) is 1.93. The van der Waals surface area contributed by atoms with Crippen molar-refractivity contribution in [2.45, 2.75) is 25.2 Å². The van der Waals surface area contributed by atoms with Crippen LogP contribution >= 0.6 is 34.5 Å². The smallest absolute Gasteiger partial charge is 0.0797 e. The third kappa shape index (κ3) is 3.31. The molecule has 1 nitrogen and oxygen atoms in total. The number of hydrogen-bond donors (Lipinski definition) is 0. The highest BCUT2D eigenvalue weighted by Crippen LogP contribution is 2.33. The Kier molecular flexibility index (Phi) is 5.26. The molecule has 19 heavy (non-hydrogen) atoms. The number of benzene rings is 1. The van der Waals surface area contributed by atoms with Gasteiger partial charge in [0, 0.05) is 22.1 Å². The average molecular weight is 314 g/mol. The second kappa shape index (κ2) is 6.74. The molecule has 1 aromatic carbocycles. The molecular formula is C15H17Cl2NS. The molecule has 0 spiro atoms. The minimum atomic E-state index is -0.152. The zero-order chi connectivity index (χ0) is 13.7. The van der Waals surface area contributed by atoms with Gasteiger partial charge in [-0.05, 0) is 25.3 Å². The van der Waals surface area contributed by atoms with Gasteiger partial charge in [0.1, 0.15) is 0 Å². The number of thiazole rings is 1. The summed E-state index contributed by atoms with van der Waals surface area (Å²) >= 11 is 14.2. The van der Waals surface area contributed by atoms with Crippen LogP contribution in [0.2, 0.25) is 0 Å². The highest BCUT2D eigenvalue weighted by molar-refractivity contribution is 7.09. The summed E-state index contributed by atoms with van der Waals surface area (Å²) in [5.74, 6) is 1.08. The van der Waals surface area contributed by atoms with E-state index >= 15 is 0 Å². The molecule has 0 fully saturated rings. The zero-order valence-electron chi connectivity index (χ0n) is 10.9. The molecule has 0 atom stereocenters. The number of halogens is 2. The van der Waals surface area contributed by atoms with Crippen molar-refractivity contribution in [1.82, 2.24) is 4.98 Å². The minimum absolute atomic E-state index is 0.152. The Labute approximate surface area is 128 Å². The third-order valence-corrected chi connectivity index (χ3v) is 5.59. The monoisotopic (exact) mass is 313 g/mol. The van der Waals surface area contributed by atoms with Gasteiger partial charge in [0.15, 0.2) is 0 Å². The maximum atomic E-state index is 6.24. The lowest BCUT2D eigenvalue weighted by Gasteiger charge is -2.30. The van der Waals surface area contributed by atoms with Gasteiger partial charge in [0.05, 0.1) is 11.2 Å². The second-order valence-corrected chi connectivity index (χ2v) is 6.25. The topological polar surface area (TPSA) is 12.9 Å². The van der Waals surface area contributed by atoms with E-state index in [2.05, 4.69) is 24.0 Å². The molecule has 0 aliphatic heterocycles. The maximum Gasteiger partial charge on any atom is 0.0797 e. The van der Waals surface area contributed by atoms with Gasteiger partial charge in [0.2, 0.25) is 0 Å². The molecule has 0 bridgehead atoms. The standard InChI is InChI=1S/C15H17Cl2NS/c1-12-14(19-11-18-12)7-8-15(9-16,10-17)13-5-3-2-4-6-13/h2-6,11H,7-10H2,1H3. The van der Waals surface area contributed by atoms with E-state index in [9.17, 15) is 0 Å². The van der Waals surface area contributed by atoms with Gasteiger partial charge >= 0.3 is 0 Å². The van der Waals surface area contributed by atoms with Crippen molar-refractivity contribution in [3.8, 4) is 0 Å². The minimum Gasteiger partial charge on any atom is -0.250 e. The number of aryl methyl sites for hydroxylation is 2. The first kappa shape index (κ1) is 14.8. The number of rotatable bonds is 6. The van der Waals surface area contributed by atoms with Crippen LogP contribution in [-0.2, 0) is 11.8 Å². The average Bonchev–Trinajstić information content (AvgIpc) is 2.87. The van der Waals surface area contributed by atoms with E-state index in [-0.39, 0.29) is 5.41 Å². The highest BCUT2D eigenvalue weighted by Gasteiger charge is 2.30. The Morgan fingerprint density at radius 2 is 1.84 bits per heavy atom. The predicted octanol–water partition coefficient (Wildman–Crippen LogP) is 4.80. The molecule has 0 N–H and O–H groups in total. The van der Waals surface area contributed by atoms with E-state index in [0.717, 1.165) is 18.5 Å². The molecule has 1 heterocycles. The van der Waals surface area contributed by atoms with Crippen LogP contribution in [0.15, 0.2) is 35.8 Å². The van der Waals surface area contributed by atoms with Crippen molar-refractivity contribution < 1.29 is 0 Å². The van der Waals surface area contributed by atoms with Crippen LogP contribution in [0.5, 0.6) is 0 Å². The third-order valence-electron chi connectivity index (χ3n) is 3.57. The van der Waals surface area contributed by atoms with E-state index in [1.807, 2.05) is 23.7 Å². The van der Waals surface area contributed by atoms with E-state index in [1.165, 1.54) is 10.4 Å². The van der Waals surface area contributed by atoms with Crippen LogP contribution < -0.4 is 0 Å². The first-order chi connectivity index (χ1) is 9.22. The van der Waals surface area contributed by atoms with Crippen LogP contribution in [0.3, 0.4) is 0 Å². The highest BCUT2D eigenvalue weighted by atomic mass is 35.5. The van der Waals surface area contributed by atoms with E-state index in [0.29, 0.717) is 11.8 Å². The lowest BCUT2D eigenvalue weighted by molar-refractivity contribution is 0.494. The summed E-state index contributed by atoms with van der Waals surface area (Å²) in [5.41, 5.74) is 4.09. The van der Waals surface area contributed by atoms with Crippen molar-refractivity contribution in [2.24, 2.45) is 0 Å². The number of alkyl halides is 2. The molecule has 102 valence electrons. The van der Waals surface area contributed by atoms with Crippen LogP contribution in [0, 0.1) is 6.92 Å². The Morgan fingerprint density at radius 1 is 1.16 bits per heavy atom. The first-order valence-corrected chi connectivity index (χ1v) is 8.23. The summed E-state index contributed by atoms with van der Waals surface area (Å²) in [6, 6.07) is 10.3. The van der Waals surface area contributed by atoms with E-state index in [1.54, 1.807) is 11.3 Å². The Balaban J connectivity index is 2.18. The normalized spacial score (nSPS) is 11.7. The molecule has 0 aliphatic carbocycles. The fourth-order valence-electron chi connectivity index (χ4n) is 2.18. The van der Waals surface area contributed by atoms with Gasteiger partial charge in [-0.1, -0.05) is 30.3 Å². The van der Waals surface area contributed by atoms with Crippen LogP contribution in [0.1, 0.15) is 22.6 Å². The van der Waals surface area contributed by atoms with Crippen molar-refractivity contribution in [3.63, 3.8) is 0 Å². The lowest BCUT2D eigenvalue weighted by Crippen LogP contribution is -2.31. The molecule has 0 saturated carbocycles. The van der Waals surface area contributed by atoms with Gasteiger partial charge in [-0.3, -0.25) is 0 Å². The summed E-state index contributed by atoms with van der Waals surface area (Å²) in [7, 11) is 0. The number of aromatic nitrogens is 1. The van der Waals surface area contributed by atoms with Crippen LogP contribution in [0.25, 0.3) is 0 Å². The number of hydrogen-bond acceptors (Lipinski definition) is 2. The molecule has 0 unspecified atom stereocenters. The van der Waals surface area contributed by atoms with Crippen LogP contribution in [-0.4, -0.2) is 16.7 Å². The van der Waals surface area contributed by atoms with Crippen molar-refractivity contribution in [3.05, 3.63) is 52.0 Å². The van der Waals surface area contributed by atoms with Crippen molar-refractivity contribution >= 4 is 34.5 Å². The summed E-state index contributed by atoms with van der Waals surface area (Å²) < 4.78 is 0. The van der Waals surface area contributed by atoms with Gasteiger partial charge in [0.25, 0.3) is 0 Å². The Morgan fingerprint density at radius 3 is 2.37 bits per heavy atom. The summed E-state index contributed by atoms with van der Waals surface area (Å²) in [4.78, 5) is 5.62. The fourth-order valence-corrected chi connectivity index (χ4v) is 3.82. The van der Waals surface area contributed by atoms with Crippen molar-refractivity contribution in [2.75, 3.05) is 11.8 Å². The van der Waals surface area contributed by atoms with Crippen molar-refractivity contribution in [1.29, 1.82) is 0 Å². The Hall–Kier alpha value is -0.570. The predicted molar refractivity (Wildman–Crippen MR) is 84.7 cm³/mol. The SMILES string of the molecule is Cc1ncsc1CCC(CCl)(CCl)c1ccccc1. The van der Waals surface area contributed by atoms with Crippen LogP contribution in [0.4, 0.5) is 0 Å². The molecule has 1 aromatic heterocycles. The largest absolute Gasteiger partial charge is 0.250 e. The summed E-state index contributed by atoms with van der Waals surface area (Å²) in [5, 5.41) is 0. The molecule has 0 aliphatic rings. The van der Waals surface area contributed by atoms with Gasteiger partial charge in [-0.15, -0.1) is 34.5 Å². The first-order valence-electron chi connectivity index (χ1n) is 6.28. The second-order valence-electron chi connectivity index (χ2n) is 4.77.